The average Bonchev–Trinajstić information content (AvgIpc) is 1.94. The van der Waals surface area contributed by atoms with Crippen molar-refractivity contribution in [2.45, 2.75) is 37.3 Å². The van der Waals surface area contributed by atoms with E-state index < -0.39 is 0 Å². The molecular formula is C11H17NS. The van der Waals surface area contributed by atoms with Gasteiger partial charge in [0.15, 0.2) is 0 Å². The zero-order chi connectivity index (χ0) is 10.1. The highest BCUT2D eigenvalue weighted by Crippen LogP contribution is 2.33. The van der Waals surface area contributed by atoms with Crippen LogP contribution in [0.15, 0.2) is 23.1 Å². The number of anilines is 1. The standard InChI is InChI=1S/C11H17NS/c1-8-5-6-9(7-10(8)12)13-11(2,3)4/h5-7H,12H2,1-4H3. The number of nitrogen functional groups attached to an aromatic ring is 1. The molecule has 2 heteroatoms. The van der Waals surface area contributed by atoms with Crippen molar-refractivity contribution in [3.8, 4) is 0 Å². The molecule has 0 bridgehead atoms. The summed E-state index contributed by atoms with van der Waals surface area (Å²) in [5.41, 5.74) is 7.86. The molecule has 72 valence electrons. The second-order valence-corrected chi connectivity index (χ2v) is 6.13. The highest BCUT2D eigenvalue weighted by molar-refractivity contribution is 8.00. The van der Waals surface area contributed by atoms with Gasteiger partial charge in [0, 0.05) is 15.3 Å². The zero-order valence-corrected chi connectivity index (χ0v) is 9.53. The zero-order valence-electron chi connectivity index (χ0n) is 8.72. The van der Waals surface area contributed by atoms with Crippen LogP contribution in [0.5, 0.6) is 0 Å². The Morgan fingerprint density at radius 1 is 1.23 bits per heavy atom. The van der Waals surface area contributed by atoms with Crippen LogP contribution < -0.4 is 5.73 Å². The van der Waals surface area contributed by atoms with Crippen molar-refractivity contribution in [3.63, 3.8) is 0 Å². The molecule has 0 heterocycles. The first-order valence-corrected chi connectivity index (χ1v) is 5.25. The molecule has 0 radical (unpaired) electrons. The lowest BCUT2D eigenvalue weighted by Crippen LogP contribution is -2.06. The Bertz CT molecular complexity index is 299. The summed E-state index contributed by atoms with van der Waals surface area (Å²) in [6.45, 7) is 8.63. The molecule has 1 rings (SSSR count). The van der Waals surface area contributed by atoms with Crippen molar-refractivity contribution in [2.75, 3.05) is 5.73 Å². The summed E-state index contributed by atoms with van der Waals surface area (Å²) in [4.78, 5) is 1.25. The smallest absolute Gasteiger partial charge is 0.0354 e. The van der Waals surface area contributed by atoms with Crippen LogP contribution in [0.3, 0.4) is 0 Å². The molecule has 0 fully saturated rings. The summed E-state index contributed by atoms with van der Waals surface area (Å²) in [6.07, 6.45) is 0. The van der Waals surface area contributed by atoms with Crippen LogP contribution in [0.4, 0.5) is 5.69 Å². The molecule has 0 spiro atoms. The fraction of sp³-hybridized carbons (Fsp3) is 0.455. The minimum atomic E-state index is 0.252. The Morgan fingerprint density at radius 2 is 1.85 bits per heavy atom. The summed E-state index contributed by atoms with van der Waals surface area (Å²) in [7, 11) is 0. The predicted molar refractivity (Wildman–Crippen MR) is 61.2 cm³/mol. The van der Waals surface area contributed by atoms with E-state index in [1.165, 1.54) is 4.90 Å². The largest absolute Gasteiger partial charge is 0.398 e. The molecule has 0 aromatic heterocycles. The lowest BCUT2D eigenvalue weighted by molar-refractivity contribution is 0.803. The van der Waals surface area contributed by atoms with E-state index in [1.807, 2.05) is 24.8 Å². The van der Waals surface area contributed by atoms with Gasteiger partial charge in [0.05, 0.1) is 0 Å². The van der Waals surface area contributed by atoms with Gasteiger partial charge in [0.1, 0.15) is 0 Å². The highest BCUT2D eigenvalue weighted by Gasteiger charge is 2.12. The van der Waals surface area contributed by atoms with E-state index in [9.17, 15) is 0 Å². The van der Waals surface area contributed by atoms with Gasteiger partial charge in [0.2, 0.25) is 0 Å². The Hall–Kier alpha value is -0.630. The van der Waals surface area contributed by atoms with Crippen LogP contribution in [0.2, 0.25) is 0 Å². The minimum absolute atomic E-state index is 0.252. The van der Waals surface area contributed by atoms with Crippen molar-refractivity contribution in [2.24, 2.45) is 0 Å². The maximum atomic E-state index is 5.83. The highest BCUT2D eigenvalue weighted by atomic mass is 32.2. The average molecular weight is 195 g/mol. The second-order valence-electron chi connectivity index (χ2n) is 4.23. The van der Waals surface area contributed by atoms with Crippen LogP contribution in [-0.4, -0.2) is 4.75 Å². The van der Waals surface area contributed by atoms with Gasteiger partial charge in [-0.1, -0.05) is 26.8 Å². The molecule has 1 aromatic rings. The monoisotopic (exact) mass is 195 g/mol. The molecular weight excluding hydrogens is 178 g/mol. The molecule has 0 saturated carbocycles. The third kappa shape index (κ3) is 3.31. The second kappa shape index (κ2) is 3.62. The number of aryl methyl sites for hydroxylation is 1. The van der Waals surface area contributed by atoms with Crippen LogP contribution in [-0.2, 0) is 0 Å². The summed E-state index contributed by atoms with van der Waals surface area (Å²) in [5, 5.41) is 0. The molecule has 13 heavy (non-hydrogen) atoms. The van der Waals surface area contributed by atoms with E-state index in [4.69, 9.17) is 5.73 Å². The Kier molecular flexibility index (Phi) is 2.91. The lowest BCUT2D eigenvalue weighted by atomic mass is 10.2. The van der Waals surface area contributed by atoms with Gasteiger partial charge in [-0.15, -0.1) is 11.8 Å². The van der Waals surface area contributed by atoms with Crippen molar-refractivity contribution in [3.05, 3.63) is 23.8 Å². The first-order chi connectivity index (χ1) is 5.88. The van der Waals surface area contributed by atoms with E-state index >= 15 is 0 Å². The fourth-order valence-corrected chi connectivity index (χ4v) is 2.06. The van der Waals surface area contributed by atoms with Gasteiger partial charge in [-0.25, -0.2) is 0 Å². The van der Waals surface area contributed by atoms with Crippen molar-refractivity contribution >= 4 is 17.4 Å². The Labute approximate surface area is 84.7 Å². The summed E-state index contributed by atoms with van der Waals surface area (Å²) < 4.78 is 0.252. The van der Waals surface area contributed by atoms with E-state index in [0.29, 0.717) is 0 Å². The molecule has 1 aromatic carbocycles. The van der Waals surface area contributed by atoms with E-state index in [1.54, 1.807) is 0 Å². The van der Waals surface area contributed by atoms with Gasteiger partial charge >= 0.3 is 0 Å². The molecule has 0 unspecified atom stereocenters. The summed E-state index contributed by atoms with van der Waals surface area (Å²) in [6, 6.07) is 6.25. The molecule has 0 aliphatic carbocycles. The minimum Gasteiger partial charge on any atom is -0.398 e. The van der Waals surface area contributed by atoms with Crippen LogP contribution in [0.1, 0.15) is 26.3 Å². The third-order valence-electron chi connectivity index (χ3n) is 1.67. The van der Waals surface area contributed by atoms with Crippen molar-refractivity contribution in [1.29, 1.82) is 0 Å². The Morgan fingerprint density at radius 3 is 2.31 bits per heavy atom. The maximum Gasteiger partial charge on any atom is 0.0354 e. The van der Waals surface area contributed by atoms with Crippen molar-refractivity contribution < 1.29 is 0 Å². The summed E-state index contributed by atoms with van der Waals surface area (Å²) >= 11 is 1.84. The maximum absolute atomic E-state index is 5.83. The number of hydrogen-bond donors (Lipinski definition) is 1. The topological polar surface area (TPSA) is 26.0 Å². The third-order valence-corrected chi connectivity index (χ3v) is 2.78. The normalized spacial score (nSPS) is 11.7. The van der Waals surface area contributed by atoms with E-state index in [-0.39, 0.29) is 4.75 Å². The number of rotatable bonds is 1. The lowest BCUT2D eigenvalue weighted by Gasteiger charge is -2.17. The molecule has 0 atom stereocenters. The number of nitrogens with two attached hydrogens (primary N) is 1. The van der Waals surface area contributed by atoms with Gasteiger partial charge in [-0.05, 0) is 24.6 Å². The Balaban J connectivity index is 2.86. The molecule has 1 nitrogen and oxygen atoms in total. The predicted octanol–water partition coefficient (Wildman–Crippen LogP) is 3.47. The molecule has 2 N–H and O–H groups in total. The molecule has 0 aliphatic heterocycles. The molecule has 0 amide bonds. The van der Waals surface area contributed by atoms with Gasteiger partial charge in [-0.3, -0.25) is 0 Å². The number of hydrogen-bond acceptors (Lipinski definition) is 2. The SMILES string of the molecule is Cc1ccc(SC(C)(C)C)cc1N. The van der Waals surface area contributed by atoms with Crippen LogP contribution in [0, 0.1) is 6.92 Å². The van der Waals surface area contributed by atoms with Gasteiger partial charge < -0.3 is 5.73 Å². The summed E-state index contributed by atoms with van der Waals surface area (Å²) in [5.74, 6) is 0. The van der Waals surface area contributed by atoms with Crippen LogP contribution >= 0.6 is 11.8 Å². The quantitative estimate of drug-likeness (QED) is 0.548. The number of thioether (sulfide) groups is 1. The van der Waals surface area contributed by atoms with Gasteiger partial charge in [-0.2, -0.15) is 0 Å². The number of benzene rings is 1. The van der Waals surface area contributed by atoms with E-state index in [2.05, 4.69) is 32.9 Å². The van der Waals surface area contributed by atoms with E-state index in [0.717, 1.165) is 11.3 Å². The van der Waals surface area contributed by atoms with Crippen molar-refractivity contribution in [1.82, 2.24) is 0 Å². The molecule has 0 saturated heterocycles. The molecule has 0 aliphatic rings. The first-order valence-electron chi connectivity index (χ1n) is 4.43. The van der Waals surface area contributed by atoms with Crippen LogP contribution in [0.25, 0.3) is 0 Å². The fourth-order valence-electron chi connectivity index (χ4n) is 1.04. The van der Waals surface area contributed by atoms with Gasteiger partial charge in [0.25, 0.3) is 0 Å². The first kappa shape index (κ1) is 10.5.